The van der Waals surface area contributed by atoms with Crippen LogP contribution in [0.2, 0.25) is 0 Å². The third-order valence-electron chi connectivity index (χ3n) is 4.02. The summed E-state index contributed by atoms with van der Waals surface area (Å²) in [7, 11) is 0. The Morgan fingerprint density at radius 2 is 1.60 bits per heavy atom. The number of rotatable bonds is 3. The molecule has 4 heteroatoms. The third-order valence-corrected chi connectivity index (χ3v) is 4.02. The molecule has 4 nitrogen and oxygen atoms in total. The van der Waals surface area contributed by atoms with Gasteiger partial charge in [-0.25, -0.2) is 0 Å². The largest absolute Gasteiger partial charge is 0.353 e. The SMILES string of the molecule is N#CC(=C=N)C1=C(C#N)C(c2ccccc2)C=C(c2ccccc2)N1. The molecule has 2 N–H and O–H groups in total. The predicted octanol–water partition coefficient (Wildman–Crippen LogP) is 3.89. The van der Waals surface area contributed by atoms with Crippen LogP contribution in [0.25, 0.3) is 5.70 Å². The van der Waals surface area contributed by atoms with Crippen LogP contribution >= 0.6 is 0 Å². The van der Waals surface area contributed by atoms with Gasteiger partial charge in [0.2, 0.25) is 0 Å². The van der Waals surface area contributed by atoms with Crippen molar-refractivity contribution in [1.29, 1.82) is 15.9 Å². The van der Waals surface area contributed by atoms with E-state index < -0.39 is 0 Å². The molecule has 0 fully saturated rings. The summed E-state index contributed by atoms with van der Waals surface area (Å²) in [5, 5.41) is 29.6. The Morgan fingerprint density at radius 3 is 2.16 bits per heavy atom. The molecule has 1 aliphatic heterocycles. The van der Waals surface area contributed by atoms with Crippen LogP contribution in [0, 0.1) is 28.1 Å². The van der Waals surface area contributed by atoms with Gasteiger partial charge in [-0.05, 0) is 23.1 Å². The van der Waals surface area contributed by atoms with Gasteiger partial charge in [-0.15, -0.1) is 0 Å². The molecule has 3 rings (SSSR count). The lowest BCUT2D eigenvalue weighted by Crippen LogP contribution is -2.23. The number of nitrogens with zero attached hydrogens (tertiary/aromatic N) is 2. The summed E-state index contributed by atoms with van der Waals surface area (Å²) in [5.74, 6) is 1.84. The fourth-order valence-corrected chi connectivity index (χ4v) is 2.83. The lowest BCUT2D eigenvalue weighted by Gasteiger charge is -2.25. The normalized spacial score (nSPS) is 15.9. The summed E-state index contributed by atoms with van der Waals surface area (Å²) in [6.07, 6.45) is 1.98. The molecule has 0 bridgehead atoms. The van der Waals surface area contributed by atoms with E-state index in [1.54, 1.807) is 0 Å². The van der Waals surface area contributed by atoms with Crippen molar-refractivity contribution in [2.24, 2.45) is 0 Å². The molecule has 1 heterocycles. The highest BCUT2D eigenvalue weighted by atomic mass is 14.9. The summed E-state index contributed by atoms with van der Waals surface area (Å²) < 4.78 is 0. The fraction of sp³-hybridized carbons (Fsp3) is 0.0476. The monoisotopic (exact) mass is 322 g/mol. The van der Waals surface area contributed by atoms with Gasteiger partial charge in [0.1, 0.15) is 11.6 Å². The zero-order valence-corrected chi connectivity index (χ0v) is 13.3. The van der Waals surface area contributed by atoms with Crippen molar-refractivity contribution in [3.63, 3.8) is 0 Å². The molecule has 0 radical (unpaired) electrons. The van der Waals surface area contributed by atoms with Crippen molar-refractivity contribution in [1.82, 2.24) is 5.32 Å². The van der Waals surface area contributed by atoms with Crippen LogP contribution < -0.4 is 5.32 Å². The summed E-state index contributed by atoms with van der Waals surface area (Å²) in [5.41, 5.74) is 3.46. The number of hydrogen-bond acceptors (Lipinski definition) is 4. The van der Waals surface area contributed by atoms with E-state index in [1.807, 2.05) is 72.8 Å². The van der Waals surface area contributed by atoms with Crippen LogP contribution in [0.5, 0.6) is 0 Å². The van der Waals surface area contributed by atoms with Crippen LogP contribution in [0.15, 0.2) is 83.6 Å². The Hall–Kier alpha value is -3.85. The van der Waals surface area contributed by atoms with E-state index >= 15 is 0 Å². The van der Waals surface area contributed by atoms with Gasteiger partial charge in [-0.3, -0.25) is 5.41 Å². The van der Waals surface area contributed by atoms with Crippen LogP contribution in [-0.2, 0) is 0 Å². The molecule has 0 amide bonds. The second-order valence-corrected chi connectivity index (χ2v) is 5.47. The minimum Gasteiger partial charge on any atom is -0.353 e. The number of benzene rings is 2. The van der Waals surface area contributed by atoms with Gasteiger partial charge < -0.3 is 5.32 Å². The van der Waals surface area contributed by atoms with Gasteiger partial charge in [-0.1, -0.05) is 60.7 Å². The fourth-order valence-electron chi connectivity index (χ4n) is 2.83. The van der Waals surface area contributed by atoms with Gasteiger partial charge in [0.05, 0.1) is 17.3 Å². The van der Waals surface area contributed by atoms with Crippen molar-refractivity contribution < 1.29 is 0 Å². The molecule has 2 aromatic carbocycles. The Labute approximate surface area is 146 Å². The predicted molar refractivity (Wildman–Crippen MR) is 96.2 cm³/mol. The second kappa shape index (κ2) is 7.15. The van der Waals surface area contributed by atoms with E-state index in [0.717, 1.165) is 16.8 Å². The lowest BCUT2D eigenvalue weighted by atomic mass is 9.85. The van der Waals surface area contributed by atoms with E-state index in [1.165, 1.54) is 0 Å². The first-order valence-electron chi connectivity index (χ1n) is 7.72. The zero-order valence-electron chi connectivity index (χ0n) is 13.3. The second-order valence-electron chi connectivity index (χ2n) is 5.47. The van der Waals surface area contributed by atoms with E-state index in [4.69, 9.17) is 5.41 Å². The first-order valence-corrected chi connectivity index (χ1v) is 7.72. The molecule has 1 unspecified atom stereocenters. The number of allylic oxidation sites excluding steroid dienone is 3. The smallest absolute Gasteiger partial charge is 0.137 e. The van der Waals surface area contributed by atoms with Gasteiger partial charge in [0, 0.05) is 11.6 Å². The zero-order chi connectivity index (χ0) is 17.6. The lowest BCUT2D eigenvalue weighted by molar-refractivity contribution is 0.925. The molecule has 0 spiro atoms. The molecule has 0 aromatic heterocycles. The van der Waals surface area contributed by atoms with E-state index in [9.17, 15) is 10.5 Å². The molecule has 25 heavy (non-hydrogen) atoms. The minimum atomic E-state index is -0.297. The maximum atomic E-state index is 9.70. The quantitative estimate of drug-likeness (QED) is 0.664. The summed E-state index contributed by atoms with van der Waals surface area (Å²) in [6, 6.07) is 23.5. The minimum absolute atomic E-state index is 0.0130. The van der Waals surface area contributed by atoms with Crippen LogP contribution in [0.4, 0.5) is 0 Å². The summed E-state index contributed by atoms with van der Waals surface area (Å²) in [4.78, 5) is 0. The Bertz CT molecular complexity index is 980. The highest BCUT2D eigenvalue weighted by molar-refractivity contribution is 5.78. The van der Waals surface area contributed by atoms with Gasteiger partial charge in [0.25, 0.3) is 0 Å². The molecule has 1 aliphatic rings. The third kappa shape index (κ3) is 3.12. The van der Waals surface area contributed by atoms with E-state index in [2.05, 4.69) is 17.3 Å². The van der Waals surface area contributed by atoms with Crippen LogP contribution in [-0.4, -0.2) is 5.87 Å². The van der Waals surface area contributed by atoms with Crippen LogP contribution in [0.1, 0.15) is 17.0 Å². The van der Waals surface area contributed by atoms with Crippen molar-refractivity contribution in [3.8, 4) is 12.1 Å². The van der Waals surface area contributed by atoms with Crippen molar-refractivity contribution in [2.75, 3.05) is 0 Å². The van der Waals surface area contributed by atoms with Crippen LogP contribution in [0.3, 0.4) is 0 Å². The number of dihydropyridines is 1. The summed E-state index contributed by atoms with van der Waals surface area (Å²) >= 11 is 0. The molecular formula is C21H14N4. The summed E-state index contributed by atoms with van der Waals surface area (Å²) in [6.45, 7) is 0. The first kappa shape index (κ1) is 16.0. The maximum Gasteiger partial charge on any atom is 0.137 e. The Kier molecular flexibility index (Phi) is 4.58. The van der Waals surface area contributed by atoms with Gasteiger partial charge in [-0.2, -0.15) is 10.5 Å². The van der Waals surface area contributed by atoms with E-state index in [-0.39, 0.29) is 11.5 Å². The number of hydrogen-bond donors (Lipinski definition) is 2. The average Bonchev–Trinajstić information content (AvgIpc) is 2.69. The maximum absolute atomic E-state index is 9.70. The molecular weight excluding hydrogens is 308 g/mol. The van der Waals surface area contributed by atoms with Crippen molar-refractivity contribution in [3.05, 3.63) is 94.7 Å². The molecule has 1 atom stereocenters. The highest BCUT2D eigenvalue weighted by Gasteiger charge is 2.27. The van der Waals surface area contributed by atoms with Gasteiger partial charge in [0.15, 0.2) is 0 Å². The molecule has 0 aliphatic carbocycles. The van der Waals surface area contributed by atoms with Crippen molar-refractivity contribution >= 4 is 11.6 Å². The molecule has 118 valence electrons. The standard InChI is InChI=1S/C21H14N4/c22-12-17(13-23)21-19(14-24)18(15-7-3-1-4-8-15)11-20(25-21)16-9-5-2-6-10-16/h1-11,18,22,25H. The molecule has 0 saturated carbocycles. The Balaban J connectivity index is 2.21. The number of nitrogens with one attached hydrogen (secondary N) is 2. The van der Waals surface area contributed by atoms with E-state index in [0.29, 0.717) is 11.3 Å². The first-order chi connectivity index (χ1) is 12.3. The topological polar surface area (TPSA) is 83.5 Å². The molecule has 2 aromatic rings. The van der Waals surface area contributed by atoms with Crippen molar-refractivity contribution in [2.45, 2.75) is 5.92 Å². The van der Waals surface area contributed by atoms with Gasteiger partial charge >= 0.3 is 0 Å². The molecule has 0 saturated heterocycles. The Morgan fingerprint density at radius 1 is 0.960 bits per heavy atom. The average molecular weight is 322 g/mol. The highest BCUT2D eigenvalue weighted by Crippen LogP contribution is 2.35. The number of nitriles is 2.